The molecule has 1 aromatic rings. The first-order valence-corrected chi connectivity index (χ1v) is 6.70. The maximum atomic E-state index is 11.5. The van der Waals surface area contributed by atoms with E-state index in [2.05, 4.69) is 15.3 Å². The van der Waals surface area contributed by atoms with Crippen molar-refractivity contribution in [1.82, 2.24) is 19.6 Å². The molecule has 0 saturated carbocycles. The first-order chi connectivity index (χ1) is 8.33. The van der Waals surface area contributed by atoms with Gasteiger partial charge in [0.2, 0.25) is 10.0 Å². The van der Waals surface area contributed by atoms with Gasteiger partial charge >= 0.3 is 0 Å². The van der Waals surface area contributed by atoms with Crippen LogP contribution in [-0.4, -0.2) is 55.0 Å². The van der Waals surface area contributed by atoms with Crippen molar-refractivity contribution in [3.05, 3.63) is 18.1 Å². The number of nitrogen functional groups attached to an aromatic ring is 1. The molecule has 0 aliphatic rings. The lowest BCUT2D eigenvalue weighted by Crippen LogP contribution is -2.34. The van der Waals surface area contributed by atoms with Crippen LogP contribution in [0.2, 0.25) is 0 Å². The highest BCUT2D eigenvalue weighted by Gasteiger charge is 2.14. The van der Waals surface area contributed by atoms with Gasteiger partial charge in [0, 0.05) is 20.6 Å². The van der Waals surface area contributed by atoms with Crippen LogP contribution in [0.5, 0.6) is 0 Å². The summed E-state index contributed by atoms with van der Waals surface area (Å²) in [6.07, 6.45) is 2.48. The molecule has 18 heavy (non-hydrogen) atoms. The Morgan fingerprint density at radius 2 is 2.06 bits per heavy atom. The Labute approximate surface area is 105 Å². The van der Waals surface area contributed by atoms with Crippen molar-refractivity contribution >= 4 is 21.7 Å². The molecular weight excluding hydrogens is 258 g/mol. The number of aromatic nitrogens is 2. The summed E-state index contributed by atoms with van der Waals surface area (Å²) in [5, 5.41) is 2.44. The number of carbonyl (C=O) groups is 1. The Balaban J connectivity index is 2.50. The van der Waals surface area contributed by atoms with Crippen molar-refractivity contribution in [3.63, 3.8) is 0 Å². The summed E-state index contributed by atoms with van der Waals surface area (Å²) in [5.41, 5.74) is 5.42. The van der Waals surface area contributed by atoms with E-state index in [0.29, 0.717) is 0 Å². The molecule has 8 nitrogen and oxygen atoms in total. The van der Waals surface area contributed by atoms with E-state index in [0.717, 1.165) is 4.31 Å². The second kappa shape index (κ2) is 5.74. The molecule has 0 aromatic carbocycles. The topological polar surface area (TPSA) is 118 Å². The van der Waals surface area contributed by atoms with Crippen molar-refractivity contribution in [2.75, 3.05) is 32.1 Å². The fourth-order valence-corrected chi connectivity index (χ4v) is 1.75. The van der Waals surface area contributed by atoms with Gasteiger partial charge in [0.1, 0.15) is 11.5 Å². The molecule has 0 atom stereocenters. The highest BCUT2D eigenvalue weighted by Crippen LogP contribution is 1.96. The Morgan fingerprint density at radius 3 is 2.56 bits per heavy atom. The number of nitrogens with one attached hydrogen (secondary N) is 1. The molecule has 1 rings (SSSR count). The van der Waals surface area contributed by atoms with Crippen molar-refractivity contribution in [2.24, 2.45) is 0 Å². The summed E-state index contributed by atoms with van der Waals surface area (Å²) >= 11 is 0. The average molecular weight is 273 g/mol. The Morgan fingerprint density at radius 1 is 1.39 bits per heavy atom. The zero-order valence-electron chi connectivity index (χ0n) is 10.1. The van der Waals surface area contributed by atoms with E-state index in [9.17, 15) is 13.2 Å². The number of amides is 1. The highest BCUT2D eigenvalue weighted by atomic mass is 32.2. The molecule has 0 unspecified atom stereocenters. The third-order valence-electron chi connectivity index (χ3n) is 2.11. The first kappa shape index (κ1) is 14.3. The lowest BCUT2D eigenvalue weighted by atomic mass is 10.4. The molecule has 1 heterocycles. The number of anilines is 1. The maximum absolute atomic E-state index is 11.5. The van der Waals surface area contributed by atoms with Gasteiger partial charge in [-0.3, -0.25) is 4.79 Å². The predicted octanol–water partition coefficient (Wildman–Crippen LogP) is -1.32. The van der Waals surface area contributed by atoms with Crippen LogP contribution in [0, 0.1) is 0 Å². The molecule has 0 radical (unpaired) electrons. The van der Waals surface area contributed by atoms with E-state index in [1.807, 2.05) is 0 Å². The molecule has 0 aliphatic carbocycles. The maximum Gasteiger partial charge on any atom is 0.271 e. The normalized spacial score (nSPS) is 11.5. The summed E-state index contributed by atoms with van der Waals surface area (Å²) in [6.45, 7) is 0.00536. The van der Waals surface area contributed by atoms with Gasteiger partial charge in [-0.25, -0.2) is 22.7 Å². The second-order valence-electron chi connectivity index (χ2n) is 3.68. The van der Waals surface area contributed by atoms with Gasteiger partial charge in [0.05, 0.1) is 18.1 Å². The van der Waals surface area contributed by atoms with Crippen LogP contribution in [-0.2, 0) is 10.0 Å². The van der Waals surface area contributed by atoms with Gasteiger partial charge in [0.15, 0.2) is 0 Å². The number of hydrogen-bond donors (Lipinski definition) is 2. The molecule has 0 spiro atoms. The summed E-state index contributed by atoms with van der Waals surface area (Å²) in [7, 11) is -0.454. The second-order valence-corrected chi connectivity index (χ2v) is 5.98. The fraction of sp³-hybridized carbons (Fsp3) is 0.444. The average Bonchev–Trinajstić information content (AvgIpc) is 2.29. The number of nitrogens with zero attached hydrogens (tertiary/aromatic N) is 3. The summed E-state index contributed by atoms with van der Waals surface area (Å²) in [4.78, 5) is 19.0. The van der Waals surface area contributed by atoms with Crippen LogP contribution < -0.4 is 11.1 Å². The standard InChI is InChI=1S/C9H15N5O3S/c1-14(2)18(16,17)4-3-11-9(15)7-5-13-8(10)6-12-7/h5-6H,3-4H2,1-2H3,(H2,10,13)(H,11,15). The zero-order valence-corrected chi connectivity index (χ0v) is 10.9. The van der Waals surface area contributed by atoms with Crippen LogP contribution in [0.3, 0.4) is 0 Å². The number of rotatable bonds is 5. The van der Waals surface area contributed by atoms with Gasteiger partial charge in [0.25, 0.3) is 5.91 Å². The molecule has 0 fully saturated rings. The summed E-state index contributed by atoms with van der Waals surface area (Å²) in [6, 6.07) is 0. The lowest BCUT2D eigenvalue weighted by molar-refractivity contribution is 0.0951. The van der Waals surface area contributed by atoms with E-state index < -0.39 is 15.9 Å². The molecule has 100 valence electrons. The number of sulfonamides is 1. The van der Waals surface area contributed by atoms with Gasteiger partial charge in [-0.1, -0.05) is 0 Å². The fourth-order valence-electron chi connectivity index (χ4n) is 1.02. The molecule has 0 bridgehead atoms. The molecule has 0 saturated heterocycles. The minimum absolute atomic E-state index is 0.00536. The molecular formula is C9H15N5O3S. The van der Waals surface area contributed by atoms with Crippen molar-refractivity contribution in [3.8, 4) is 0 Å². The van der Waals surface area contributed by atoms with E-state index in [4.69, 9.17) is 5.73 Å². The Bertz CT molecular complexity index is 512. The quantitative estimate of drug-likeness (QED) is 0.687. The van der Waals surface area contributed by atoms with Gasteiger partial charge in [-0.15, -0.1) is 0 Å². The van der Waals surface area contributed by atoms with Crippen molar-refractivity contribution in [2.45, 2.75) is 0 Å². The minimum atomic E-state index is -3.32. The predicted molar refractivity (Wildman–Crippen MR) is 66.3 cm³/mol. The third kappa shape index (κ3) is 3.93. The van der Waals surface area contributed by atoms with E-state index in [-0.39, 0.29) is 23.8 Å². The molecule has 0 aliphatic heterocycles. The molecule has 1 amide bonds. The van der Waals surface area contributed by atoms with Crippen LogP contribution in [0.1, 0.15) is 10.5 Å². The van der Waals surface area contributed by atoms with Crippen LogP contribution in [0.25, 0.3) is 0 Å². The Kier molecular flexibility index (Phi) is 4.56. The number of hydrogen-bond acceptors (Lipinski definition) is 6. The van der Waals surface area contributed by atoms with Gasteiger partial charge < -0.3 is 11.1 Å². The van der Waals surface area contributed by atoms with Crippen molar-refractivity contribution < 1.29 is 13.2 Å². The monoisotopic (exact) mass is 273 g/mol. The van der Waals surface area contributed by atoms with Crippen LogP contribution in [0.4, 0.5) is 5.82 Å². The number of carbonyl (C=O) groups excluding carboxylic acids is 1. The zero-order chi connectivity index (χ0) is 13.8. The lowest BCUT2D eigenvalue weighted by Gasteiger charge is -2.11. The van der Waals surface area contributed by atoms with Crippen LogP contribution >= 0.6 is 0 Å². The number of nitrogens with two attached hydrogens (primary N) is 1. The first-order valence-electron chi connectivity index (χ1n) is 5.09. The summed E-state index contributed by atoms with van der Waals surface area (Å²) < 4.78 is 23.9. The molecule has 9 heteroatoms. The van der Waals surface area contributed by atoms with E-state index in [1.54, 1.807) is 0 Å². The summed E-state index contributed by atoms with van der Waals surface area (Å²) in [5.74, 6) is -0.452. The SMILES string of the molecule is CN(C)S(=O)(=O)CCNC(=O)c1cnc(N)cn1. The smallest absolute Gasteiger partial charge is 0.271 e. The minimum Gasteiger partial charge on any atom is -0.382 e. The Hall–Kier alpha value is -1.74. The van der Waals surface area contributed by atoms with Gasteiger partial charge in [-0.05, 0) is 0 Å². The van der Waals surface area contributed by atoms with Crippen LogP contribution in [0.15, 0.2) is 12.4 Å². The van der Waals surface area contributed by atoms with Crippen molar-refractivity contribution in [1.29, 1.82) is 0 Å². The highest BCUT2D eigenvalue weighted by molar-refractivity contribution is 7.89. The van der Waals surface area contributed by atoms with E-state index >= 15 is 0 Å². The van der Waals surface area contributed by atoms with Gasteiger partial charge in [-0.2, -0.15) is 0 Å². The third-order valence-corrected chi connectivity index (χ3v) is 3.94. The largest absolute Gasteiger partial charge is 0.382 e. The van der Waals surface area contributed by atoms with E-state index in [1.165, 1.54) is 26.5 Å². The molecule has 3 N–H and O–H groups in total. The molecule has 1 aromatic heterocycles.